The molecule has 3 heterocycles. The minimum atomic E-state index is 0.674. The van der Waals surface area contributed by atoms with Crippen LogP contribution < -0.4 is 0 Å². The number of hydrogen-bond donors (Lipinski definition) is 0. The molecule has 11 rings (SSSR count). The van der Waals surface area contributed by atoms with Crippen LogP contribution in [0.15, 0.2) is 192 Å². The van der Waals surface area contributed by atoms with E-state index in [2.05, 4.69) is 146 Å². The number of aromatic nitrogens is 3. The van der Waals surface area contributed by atoms with E-state index in [9.17, 15) is 0 Å². The molecule has 0 fully saturated rings. The van der Waals surface area contributed by atoms with Gasteiger partial charge in [0.15, 0.2) is 5.82 Å². The Balaban J connectivity index is 1.08. The summed E-state index contributed by atoms with van der Waals surface area (Å²) in [5, 5.41) is 7.98. The van der Waals surface area contributed by atoms with Crippen molar-refractivity contribution >= 4 is 54.4 Å². The lowest BCUT2D eigenvalue weighted by Crippen LogP contribution is -1.96. The first kappa shape index (κ1) is 31.1. The van der Waals surface area contributed by atoms with Crippen LogP contribution in [0, 0.1) is 0 Å². The van der Waals surface area contributed by atoms with Crippen LogP contribution in [-0.4, -0.2) is 15.0 Å². The molecule has 0 aliphatic rings. The van der Waals surface area contributed by atoms with E-state index < -0.39 is 0 Å². The molecule has 0 spiro atoms. The summed E-state index contributed by atoms with van der Waals surface area (Å²) in [4.78, 5) is 15.5. The Bertz CT molecular complexity index is 3240. The fourth-order valence-corrected chi connectivity index (χ4v) is 8.00. The topological polar surface area (TPSA) is 51.8 Å². The normalized spacial score (nSPS) is 11.6. The fraction of sp³-hybridized carbons (Fsp3) is 0. The number of nitrogens with zero attached hydrogens (tertiary/aromatic N) is 3. The second kappa shape index (κ2) is 12.6. The molecule has 8 aromatic carbocycles. The van der Waals surface area contributed by atoms with E-state index in [0.29, 0.717) is 5.82 Å². The summed E-state index contributed by atoms with van der Waals surface area (Å²) in [7, 11) is 0. The molecule has 0 atom stereocenters. The Morgan fingerprint density at radius 1 is 0.364 bits per heavy atom. The second-order valence-electron chi connectivity index (χ2n) is 14.0. The van der Waals surface area contributed by atoms with E-state index >= 15 is 0 Å². The third-order valence-electron chi connectivity index (χ3n) is 10.7. The van der Waals surface area contributed by atoms with Crippen LogP contribution in [0.5, 0.6) is 0 Å². The van der Waals surface area contributed by atoms with Gasteiger partial charge in [0.25, 0.3) is 0 Å². The van der Waals surface area contributed by atoms with Gasteiger partial charge in [-0.05, 0) is 75.1 Å². The van der Waals surface area contributed by atoms with Crippen LogP contribution in [0.25, 0.3) is 111 Å². The number of benzene rings is 8. The van der Waals surface area contributed by atoms with Crippen molar-refractivity contribution in [2.24, 2.45) is 0 Å². The molecule has 0 amide bonds. The van der Waals surface area contributed by atoms with Gasteiger partial charge in [-0.2, -0.15) is 0 Å². The van der Waals surface area contributed by atoms with E-state index in [-0.39, 0.29) is 0 Å². The molecule has 0 saturated carbocycles. The Kier molecular flexibility index (Phi) is 7.14. The maximum atomic E-state index is 6.63. The molecule has 0 aliphatic carbocycles. The van der Waals surface area contributed by atoms with Gasteiger partial charge in [-0.3, -0.25) is 0 Å². The summed E-state index contributed by atoms with van der Waals surface area (Å²) in [5.74, 6) is 0.674. The van der Waals surface area contributed by atoms with Gasteiger partial charge in [-0.15, -0.1) is 0 Å². The van der Waals surface area contributed by atoms with Crippen molar-refractivity contribution in [1.29, 1.82) is 0 Å². The van der Waals surface area contributed by atoms with Gasteiger partial charge >= 0.3 is 0 Å². The molecule has 0 aliphatic heterocycles. The maximum Gasteiger partial charge on any atom is 0.160 e. The summed E-state index contributed by atoms with van der Waals surface area (Å²) in [6.07, 6.45) is 0. The first-order chi connectivity index (χ1) is 27.2. The average Bonchev–Trinajstić information content (AvgIpc) is 3.66. The minimum Gasteiger partial charge on any atom is -0.455 e. The Hall–Kier alpha value is -7.43. The third kappa shape index (κ3) is 5.26. The molecule has 0 unspecified atom stereocenters. The van der Waals surface area contributed by atoms with Crippen LogP contribution in [0.1, 0.15) is 0 Å². The van der Waals surface area contributed by atoms with E-state index in [1.54, 1.807) is 0 Å². The van der Waals surface area contributed by atoms with Gasteiger partial charge in [0, 0.05) is 33.0 Å². The molecular weight excluding hydrogens is 671 g/mol. The van der Waals surface area contributed by atoms with Crippen LogP contribution in [0.3, 0.4) is 0 Å². The lowest BCUT2D eigenvalue weighted by Gasteiger charge is -2.12. The molecule has 0 radical (unpaired) electrons. The lowest BCUT2D eigenvalue weighted by atomic mass is 9.93. The van der Waals surface area contributed by atoms with E-state index in [0.717, 1.165) is 77.7 Å². The van der Waals surface area contributed by atoms with Gasteiger partial charge in [0.1, 0.15) is 11.2 Å². The molecule has 55 heavy (non-hydrogen) atoms. The Labute approximate surface area is 317 Å². The summed E-state index contributed by atoms with van der Waals surface area (Å²) < 4.78 is 6.63. The molecule has 0 N–H and O–H groups in total. The van der Waals surface area contributed by atoms with Crippen LogP contribution in [0.2, 0.25) is 0 Å². The number of hydrogen-bond acceptors (Lipinski definition) is 4. The number of para-hydroxylation sites is 1. The monoisotopic (exact) mass is 701 g/mol. The minimum absolute atomic E-state index is 0.674. The Morgan fingerprint density at radius 3 is 1.75 bits per heavy atom. The molecule has 11 aromatic rings. The SMILES string of the molecule is c1ccc(-c2nc(-c3ccc(-c4cc5ccccc5c5ccccc45)cc3)cc(-c3ccc4oc5c6ccccc6nc(-c6ccccc6)c5c4c3)n2)cc1. The number of fused-ring (bicyclic) bond motifs is 8. The molecule has 3 aromatic heterocycles. The lowest BCUT2D eigenvalue weighted by molar-refractivity contribution is 0.672. The van der Waals surface area contributed by atoms with Crippen molar-refractivity contribution in [2.45, 2.75) is 0 Å². The summed E-state index contributed by atoms with van der Waals surface area (Å²) in [6, 6.07) is 65.5. The highest BCUT2D eigenvalue weighted by Gasteiger charge is 2.19. The number of furan rings is 1. The van der Waals surface area contributed by atoms with Crippen molar-refractivity contribution < 1.29 is 4.42 Å². The average molecular weight is 702 g/mol. The molecular formula is C51H31N3O. The molecule has 0 bridgehead atoms. The third-order valence-corrected chi connectivity index (χ3v) is 10.7. The maximum absolute atomic E-state index is 6.63. The fourth-order valence-electron chi connectivity index (χ4n) is 8.00. The van der Waals surface area contributed by atoms with Crippen molar-refractivity contribution in [3.8, 4) is 56.3 Å². The first-order valence-corrected chi connectivity index (χ1v) is 18.5. The highest BCUT2D eigenvalue weighted by Crippen LogP contribution is 2.41. The van der Waals surface area contributed by atoms with Crippen LogP contribution in [0.4, 0.5) is 0 Å². The Morgan fingerprint density at radius 2 is 0.964 bits per heavy atom. The zero-order chi connectivity index (χ0) is 36.3. The summed E-state index contributed by atoms with van der Waals surface area (Å²) in [6.45, 7) is 0. The summed E-state index contributed by atoms with van der Waals surface area (Å²) in [5.41, 5.74) is 11.5. The standard InChI is InChI=1S/C51H31N3O/c1-3-13-34(14-4-1)49-48-43-30-37(27-28-47(43)55-50(48)41-21-11-12-22-44(41)52-49)46-31-45(53-51(54-46)35-15-5-2-6-16-35)33-25-23-32(24-26-33)42-29-36-17-7-8-18-38(36)39-19-9-10-20-40(39)42/h1-31H. The van der Waals surface area contributed by atoms with E-state index in [1.807, 2.05) is 42.5 Å². The molecule has 0 saturated heterocycles. The molecule has 4 nitrogen and oxygen atoms in total. The largest absolute Gasteiger partial charge is 0.455 e. The van der Waals surface area contributed by atoms with Crippen molar-refractivity contribution in [3.63, 3.8) is 0 Å². The molecule has 4 heteroatoms. The highest BCUT2D eigenvalue weighted by molar-refractivity contribution is 6.20. The van der Waals surface area contributed by atoms with E-state index in [4.69, 9.17) is 19.4 Å². The van der Waals surface area contributed by atoms with Gasteiger partial charge < -0.3 is 4.42 Å². The van der Waals surface area contributed by atoms with Gasteiger partial charge in [-0.1, -0.05) is 146 Å². The quantitative estimate of drug-likeness (QED) is 0.168. The second-order valence-corrected chi connectivity index (χ2v) is 14.0. The zero-order valence-electron chi connectivity index (χ0n) is 29.6. The zero-order valence-corrected chi connectivity index (χ0v) is 29.6. The van der Waals surface area contributed by atoms with Crippen LogP contribution >= 0.6 is 0 Å². The predicted octanol–water partition coefficient (Wildman–Crippen LogP) is 13.6. The number of pyridine rings is 1. The summed E-state index contributed by atoms with van der Waals surface area (Å²) >= 11 is 0. The van der Waals surface area contributed by atoms with Crippen molar-refractivity contribution in [3.05, 3.63) is 188 Å². The van der Waals surface area contributed by atoms with Gasteiger partial charge in [-0.25, -0.2) is 15.0 Å². The van der Waals surface area contributed by atoms with Gasteiger partial charge in [0.05, 0.1) is 28.0 Å². The van der Waals surface area contributed by atoms with Crippen molar-refractivity contribution in [2.75, 3.05) is 0 Å². The number of rotatable bonds is 5. The van der Waals surface area contributed by atoms with Crippen molar-refractivity contribution in [1.82, 2.24) is 15.0 Å². The highest BCUT2D eigenvalue weighted by atomic mass is 16.3. The van der Waals surface area contributed by atoms with Crippen LogP contribution in [-0.2, 0) is 0 Å². The first-order valence-electron chi connectivity index (χ1n) is 18.5. The molecule has 256 valence electrons. The van der Waals surface area contributed by atoms with E-state index in [1.165, 1.54) is 27.1 Å². The van der Waals surface area contributed by atoms with Gasteiger partial charge in [0.2, 0.25) is 0 Å². The smallest absolute Gasteiger partial charge is 0.160 e. The predicted molar refractivity (Wildman–Crippen MR) is 227 cm³/mol.